The van der Waals surface area contributed by atoms with Crippen LogP contribution in [0.5, 0.6) is 0 Å². The van der Waals surface area contributed by atoms with Gasteiger partial charge in [0.1, 0.15) is 0 Å². The standard InChI is InChI=1S/C5H9NO.C4H7NO2/c7-5-3-1-2-4-6-5;6-3-1-4(7)5-2-3/h1-4H2,(H,6,7);3,6H,1-2H2,(H,5,7). The number of β-amino-alcohol motifs (C(OH)–C–C–N with tert-alkyl or cyclic N) is 1. The second-order valence-electron chi connectivity index (χ2n) is 3.47. The Morgan fingerprint density at radius 3 is 2.14 bits per heavy atom. The lowest BCUT2D eigenvalue weighted by atomic mass is 10.2. The van der Waals surface area contributed by atoms with Gasteiger partial charge in [0.2, 0.25) is 11.8 Å². The highest BCUT2D eigenvalue weighted by Gasteiger charge is 2.17. The lowest BCUT2D eigenvalue weighted by molar-refractivity contribution is -0.122. The van der Waals surface area contributed by atoms with Crippen LogP contribution in [0.4, 0.5) is 0 Å². The molecule has 3 N–H and O–H groups in total. The summed E-state index contributed by atoms with van der Waals surface area (Å²) in [5.41, 5.74) is 0. The van der Waals surface area contributed by atoms with Crippen molar-refractivity contribution >= 4 is 11.8 Å². The van der Waals surface area contributed by atoms with Crippen molar-refractivity contribution in [3.8, 4) is 0 Å². The van der Waals surface area contributed by atoms with Crippen molar-refractivity contribution in [2.75, 3.05) is 13.1 Å². The number of carbonyl (C=O) groups is 2. The molecule has 2 aliphatic rings. The Hall–Kier alpha value is -1.10. The van der Waals surface area contributed by atoms with Gasteiger partial charge >= 0.3 is 0 Å². The summed E-state index contributed by atoms with van der Waals surface area (Å²) >= 11 is 0. The molecule has 1 atom stereocenters. The lowest BCUT2D eigenvalue weighted by Crippen LogP contribution is -2.28. The summed E-state index contributed by atoms with van der Waals surface area (Å²) < 4.78 is 0. The van der Waals surface area contributed by atoms with Gasteiger partial charge in [-0.1, -0.05) is 0 Å². The molecule has 2 amide bonds. The van der Waals surface area contributed by atoms with E-state index >= 15 is 0 Å². The average molecular weight is 200 g/mol. The zero-order valence-corrected chi connectivity index (χ0v) is 8.08. The lowest BCUT2D eigenvalue weighted by Gasteiger charge is -2.08. The first-order chi connectivity index (χ1) is 6.68. The minimum absolute atomic E-state index is 0.0486. The molecule has 5 nitrogen and oxygen atoms in total. The van der Waals surface area contributed by atoms with Crippen LogP contribution in [0.1, 0.15) is 25.7 Å². The Morgan fingerprint density at radius 1 is 1.14 bits per heavy atom. The van der Waals surface area contributed by atoms with E-state index < -0.39 is 6.10 Å². The number of piperidine rings is 1. The zero-order chi connectivity index (χ0) is 10.4. The molecule has 1 unspecified atom stereocenters. The van der Waals surface area contributed by atoms with E-state index in [-0.39, 0.29) is 18.2 Å². The van der Waals surface area contributed by atoms with E-state index in [1.54, 1.807) is 0 Å². The molecule has 0 aromatic rings. The maximum absolute atomic E-state index is 10.4. The summed E-state index contributed by atoms with van der Waals surface area (Å²) in [5.74, 6) is 0.166. The number of hydrogen-bond acceptors (Lipinski definition) is 3. The second-order valence-corrected chi connectivity index (χ2v) is 3.47. The van der Waals surface area contributed by atoms with Gasteiger partial charge in [0, 0.05) is 19.5 Å². The molecule has 80 valence electrons. The van der Waals surface area contributed by atoms with Crippen molar-refractivity contribution in [2.24, 2.45) is 0 Å². The van der Waals surface area contributed by atoms with Gasteiger partial charge in [-0.3, -0.25) is 9.59 Å². The van der Waals surface area contributed by atoms with E-state index in [0.29, 0.717) is 6.54 Å². The predicted molar refractivity (Wildman–Crippen MR) is 50.5 cm³/mol. The molecular formula is C9H16N2O3. The highest BCUT2D eigenvalue weighted by Crippen LogP contribution is 1.98. The van der Waals surface area contributed by atoms with E-state index in [1.807, 2.05) is 0 Å². The summed E-state index contributed by atoms with van der Waals surface area (Å²) in [5, 5.41) is 13.8. The third-order valence-corrected chi connectivity index (χ3v) is 2.11. The maximum atomic E-state index is 10.4. The molecule has 2 heterocycles. The number of nitrogens with one attached hydrogen (secondary N) is 2. The largest absolute Gasteiger partial charge is 0.391 e. The maximum Gasteiger partial charge on any atom is 0.222 e. The molecule has 2 rings (SSSR count). The number of aliphatic hydroxyl groups is 1. The number of aliphatic hydroxyl groups excluding tert-OH is 1. The molecule has 0 aliphatic carbocycles. The number of hydrogen-bond donors (Lipinski definition) is 3. The van der Waals surface area contributed by atoms with Gasteiger partial charge in [0.05, 0.1) is 12.5 Å². The summed E-state index contributed by atoms with van der Waals surface area (Å²) in [6, 6.07) is 0. The van der Waals surface area contributed by atoms with Crippen LogP contribution in [0.25, 0.3) is 0 Å². The Balaban J connectivity index is 0.000000140. The summed E-state index contributed by atoms with van der Waals surface area (Å²) in [6.07, 6.45) is 2.81. The van der Waals surface area contributed by atoms with Crippen LogP contribution in [-0.4, -0.2) is 36.1 Å². The molecule has 0 aromatic carbocycles. The number of rotatable bonds is 0. The van der Waals surface area contributed by atoms with E-state index in [1.165, 1.54) is 0 Å². The van der Waals surface area contributed by atoms with Crippen molar-refractivity contribution in [1.29, 1.82) is 0 Å². The van der Waals surface area contributed by atoms with Crippen LogP contribution < -0.4 is 10.6 Å². The fourth-order valence-electron chi connectivity index (χ4n) is 1.32. The number of amides is 2. The molecule has 0 bridgehead atoms. The van der Waals surface area contributed by atoms with Crippen LogP contribution in [0.3, 0.4) is 0 Å². The summed E-state index contributed by atoms with van der Waals surface area (Å²) in [7, 11) is 0. The zero-order valence-electron chi connectivity index (χ0n) is 8.08. The first-order valence-electron chi connectivity index (χ1n) is 4.90. The molecule has 0 saturated carbocycles. The molecule has 2 aliphatic heterocycles. The molecule has 2 saturated heterocycles. The third kappa shape index (κ3) is 4.23. The molecule has 0 radical (unpaired) electrons. The summed E-state index contributed by atoms with van der Waals surface area (Å²) in [6.45, 7) is 1.32. The molecule has 5 heteroatoms. The van der Waals surface area contributed by atoms with Gasteiger partial charge in [-0.15, -0.1) is 0 Å². The quantitative estimate of drug-likeness (QED) is 0.477. The normalized spacial score (nSPS) is 25.9. The van der Waals surface area contributed by atoms with Gasteiger partial charge in [-0.2, -0.15) is 0 Å². The number of carbonyl (C=O) groups excluding carboxylic acids is 2. The third-order valence-electron chi connectivity index (χ3n) is 2.11. The van der Waals surface area contributed by atoms with E-state index in [9.17, 15) is 9.59 Å². The first kappa shape index (κ1) is 11.0. The minimum Gasteiger partial charge on any atom is -0.391 e. The fraction of sp³-hybridized carbons (Fsp3) is 0.778. The Kier molecular flexibility index (Phi) is 4.39. The summed E-state index contributed by atoms with van der Waals surface area (Å²) in [4.78, 5) is 20.5. The van der Waals surface area contributed by atoms with Crippen molar-refractivity contribution in [3.63, 3.8) is 0 Å². The van der Waals surface area contributed by atoms with Gasteiger partial charge < -0.3 is 15.7 Å². The topological polar surface area (TPSA) is 78.4 Å². The van der Waals surface area contributed by atoms with E-state index in [4.69, 9.17) is 5.11 Å². The van der Waals surface area contributed by atoms with E-state index in [2.05, 4.69) is 10.6 Å². The highest BCUT2D eigenvalue weighted by atomic mass is 16.3. The van der Waals surface area contributed by atoms with Gasteiger partial charge in [0.15, 0.2) is 0 Å². The van der Waals surface area contributed by atoms with Crippen molar-refractivity contribution in [1.82, 2.24) is 10.6 Å². The van der Waals surface area contributed by atoms with Crippen molar-refractivity contribution in [3.05, 3.63) is 0 Å². The van der Waals surface area contributed by atoms with Crippen molar-refractivity contribution < 1.29 is 14.7 Å². The van der Waals surface area contributed by atoms with E-state index in [0.717, 1.165) is 25.8 Å². The van der Waals surface area contributed by atoms with Gasteiger partial charge in [0.25, 0.3) is 0 Å². The van der Waals surface area contributed by atoms with Crippen LogP contribution >= 0.6 is 0 Å². The van der Waals surface area contributed by atoms with Crippen LogP contribution in [-0.2, 0) is 9.59 Å². The van der Waals surface area contributed by atoms with Gasteiger partial charge in [-0.25, -0.2) is 0 Å². The molecule has 2 fully saturated rings. The molecular weight excluding hydrogens is 184 g/mol. The van der Waals surface area contributed by atoms with Crippen LogP contribution in [0, 0.1) is 0 Å². The predicted octanol–water partition coefficient (Wildman–Crippen LogP) is -0.846. The fourth-order valence-corrected chi connectivity index (χ4v) is 1.32. The molecule has 0 spiro atoms. The SMILES string of the molecule is O=C1CC(O)CN1.O=C1CCCCN1. The van der Waals surface area contributed by atoms with Crippen LogP contribution in [0.2, 0.25) is 0 Å². The Labute approximate surface area is 82.9 Å². The van der Waals surface area contributed by atoms with Gasteiger partial charge in [-0.05, 0) is 12.8 Å². The minimum atomic E-state index is -0.438. The molecule has 14 heavy (non-hydrogen) atoms. The Bertz CT molecular complexity index is 203. The smallest absolute Gasteiger partial charge is 0.222 e. The first-order valence-corrected chi connectivity index (χ1v) is 4.90. The highest BCUT2D eigenvalue weighted by molar-refractivity contribution is 5.78. The monoisotopic (exact) mass is 200 g/mol. The van der Waals surface area contributed by atoms with Crippen molar-refractivity contribution in [2.45, 2.75) is 31.8 Å². The average Bonchev–Trinajstić information content (AvgIpc) is 2.52. The van der Waals surface area contributed by atoms with Crippen LogP contribution in [0.15, 0.2) is 0 Å². The second kappa shape index (κ2) is 5.59. The Morgan fingerprint density at radius 2 is 1.93 bits per heavy atom. The molecule has 0 aromatic heterocycles.